The maximum atomic E-state index is 8.76. The molecule has 1 rings (SSSR count). The van der Waals surface area contributed by atoms with E-state index in [2.05, 4.69) is 23.8 Å². The van der Waals surface area contributed by atoms with Crippen LogP contribution in [0.15, 0.2) is 12.4 Å². The summed E-state index contributed by atoms with van der Waals surface area (Å²) in [6, 6.07) is 0. The van der Waals surface area contributed by atoms with Crippen molar-refractivity contribution < 1.29 is 5.11 Å². The molecule has 4 heteroatoms. The van der Waals surface area contributed by atoms with Crippen molar-refractivity contribution in [1.29, 1.82) is 0 Å². The maximum absolute atomic E-state index is 8.76. The fraction of sp³-hybridized carbons (Fsp3) is 0.556. The van der Waals surface area contributed by atoms with Crippen molar-refractivity contribution in [2.45, 2.75) is 31.5 Å². The summed E-state index contributed by atoms with van der Waals surface area (Å²) in [7, 11) is 0. The first-order chi connectivity index (χ1) is 6.22. The Balaban J connectivity index is 2.49. The van der Waals surface area contributed by atoms with Crippen LogP contribution in [0.2, 0.25) is 0 Å². The van der Waals surface area contributed by atoms with Crippen molar-refractivity contribution in [1.82, 2.24) is 9.97 Å². The highest BCUT2D eigenvalue weighted by Gasteiger charge is 1.99. The van der Waals surface area contributed by atoms with Crippen LogP contribution in [-0.2, 0) is 12.4 Å². The summed E-state index contributed by atoms with van der Waals surface area (Å²) in [5.41, 5.74) is 0.762. The van der Waals surface area contributed by atoms with Crippen LogP contribution in [0, 0.1) is 0 Å². The van der Waals surface area contributed by atoms with E-state index in [1.807, 2.05) is 11.8 Å². The van der Waals surface area contributed by atoms with Gasteiger partial charge >= 0.3 is 0 Å². The Morgan fingerprint density at radius 3 is 2.46 bits per heavy atom. The van der Waals surface area contributed by atoms with E-state index in [1.165, 1.54) is 0 Å². The predicted molar refractivity (Wildman–Crippen MR) is 54.4 cm³/mol. The molecule has 1 aromatic heterocycles. The Kier molecular flexibility index (Phi) is 4.18. The van der Waals surface area contributed by atoms with E-state index in [1.54, 1.807) is 12.4 Å². The fourth-order valence-electron chi connectivity index (χ4n) is 0.779. The molecule has 0 radical (unpaired) electrons. The molecule has 0 amide bonds. The van der Waals surface area contributed by atoms with Crippen LogP contribution < -0.4 is 0 Å². The van der Waals surface area contributed by atoms with Gasteiger partial charge in [-0.1, -0.05) is 13.8 Å². The van der Waals surface area contributed by atoms with Crippen molar-refractivity contribution in [3.05, 3.63) is 23.8 Å². The highest BCUT2D eigenvalue weighted by atomic mass is 32.2. The van der Waals surface area contributed by atoms with Crippen LogP contribution in [0.1, 0.15) is 25.2 Å². The van der Waals surface area contributed by atoms with Crippen LogP contribution >= 0.6 is 11.8 Å². The Bertz CT molecular complexity index is 248. The summed E-state index contributed by atoms with van der Waals surface area (Å²) in [5.74, 6) is 1.67. The zero-order valence-corrected chi connectivity index (χ0v) is 8.71. The lowest BCUT2D eigenvalue weighted by Crippen LogP contribution is -1.97. The van der Waals surface area contributed by atoms with E-state index in [4.69, 9.17) is 5.11 Å². The van der Waals surface area contributed by atoms with Gasteiger partial charge in [0.05, 0.1) is 12.4 Å². The van der Waals surface area contributed by atoms with Crippen molar-refractivity contribution in [3.63, 3.8) is 0 Å². The zero-order chi connectivity index (χ0) is 9.68. The molecule has 1 N–H and O–H groups in total. The quantitative estimate of drug-likeness (QED) is 0.798. The van der Waals surface area contributed by atoms with Crippen molar-refractivity contribution in [3.8, 4) is 0 Å². The van der Waals surface area contributed by atoms with Crippen LogP contribution in [-0.4, -0.2) is 20.3 Å². The molecule has 3 nitrogen and oxygen atoms in total. The molecule has 0 aliphatic rings. The molecule has 0 atom stereocenters. The molecule has 0 aliphatic heterocycles. The number of nitrogens with zero attached hydrogens (tertiary/aromatic N) is 2. The first-order valence-corrected chi connectivity index (χ1v) is 5.29. The molecule has 0 fully saturated rings. The van der Waals surface area contributed by atoms with Crippen molar-refractivity contribution in [2.24, 2.45) is 0 Å². The molecule has 0 unspecified atom stereocenters. The predicted octanol–water partition coefficient (Wildman–Crippen LogP) is 1.61. The van der Waals surface area contributed by atoms with Gasteiger partial charge in [-0.25, -0.2) is 9.97 Å². The van der Waals surface area contributed by atoms with Crippen molar-refractivity contribution in [2.75, 3.05) is 0 Å². The molecule has 0 aromatic carbocycles. The lowest BCUT2D eigenvalue weighted by Gasteiger charge is -2.03. The summed E-state index contributed by atoms with van der Waals surface area (Å²) in [6.07, 6.45) is 3.34. The van der Waals surface area contributed by atoms with Gasteiger partial charge in [-0.3, -0.25) is 0 Å². The average Bonchev–Trinajstić information content (AvgIpc) is 2.15. The third kappa shape index (κ3) is 3.74. The Morgan fingerprint density at radius 1 is 1.38 bits per heavy atom. The van der Waals surface area contributed by atoms with Gasteiger partial charge in [0.2, 0.25) is 0 Å². The van der Waals surface area contributed by atoms with Gasteiger partial charge in [-0.05, 0) is 5.25 Å². The molecular formula is C9H14N2OS. The minimum absolute atomic E-state index is 0.0115. The van der Waals surface area contributed by atoms with Gasteiger partial charge in [0, 0.05) is 18.0 Å². The number of aromatic nitrogens is 2. The van der Waals surface area contributed by atoms with E-state index >= 15 is 0 Å². The fourth-order valence-corrected chi connectivity index (χ4v) is 1.41. The number of hydrogen-bond acceptors (Lipinski definition) is 4. The molecule has 1 aromatic rings. The summed E-state index contributed by atoms with van der Waals surface area (Å²) in [4.78, 5) is 8.26. The van der Waals surface area contributed by atoms with E-state index in [0.717, 1.165) is 17.1 Å². The first kappa shape index (κ1) is 10.5. The molecule has 0 saturated carbocycles. The minimum Gasteiger partial charge on any atom is -0.392 e. The minimum atomic E-state index is 0.0115. The highest BCUT2D eigenvalue weighted by Crippen LogP contribution is 2.13. The van der Waals surface area contributed by atoms with Crippen LogP contribution in [0.4, 0.5) is 0 Å². The van der Waals surface area contributed by atoms with Crippen LogP contribution in [0.5, 0.6) is 0 Å². The van der Waals surface area contributed by atoms with Crippen LogP contribution in [0.25, 0.3) is 0 Å². The molecule has 0 aliphatic carbocycles. The second-order valence-corrected chi connectivity index (χ2v) is 4.59. The summed E-state index contributed by atoms with van der Waals surface area (Å²) in [5, 5.41) is 9.36. The van der Waals surface area contributed by atoms with Gasteiger partial charge in [0.15, 0.2) is 0 Å². The third-order valence-electron chi connectivity index (χ3n) is 1.49. The summed E-state index contributed by atoms with van der Waals surface area (Å²) >= 11 is 1.81. The SMILES string of the molecule is CC(C)SCc1ncc(CO)cn1. The first-order valence-electron chi connectivity index (χ1n) is 4.24. The van der Waals surface area contributed by atoms with Crippen molar-refractivity contribution >= 4 is 11.8 Å². The Morgan fingerprint density at radius 2 is 2.00 bits per heavy atom. The standard InChI is InChI=1S/C9H14N2OS/c1-7(2)13-6-9-10-3-8(5-12)4-11-9/h3-4,7,12H,5-6H2,1-2H3. The number of hydrogen-bond donors (Lipinski definition) is 1. The molecular weight excluding hydrogens is 184 g/mol. The van der Waals surface area contributed by atoms with Gasteiger partial charge in [-0.15, -0.1) is 0 Å². The number of thioether (sulfide) groups is 1. The smallest absolute Gasteiger partial charge is 0.138 e. The topological polar surface area (TPSA) is 46.0 Å². The van der Waals surface area contributed by atoms with Crippen LogP contribution in [0.3, 0.4) is 0 Å². The van der Waals surface area contributed by atoms with Gasteiger partial charge < -0.3 is 5.11 Å². The average molecular weight is 198 g/mol. The second-order valence-electron chi connectivity index (χ2n) is 3.03. The van der Waals surface area contributed by atoms with E-state index < -0.39 is 0 Å². The molecule has 0 saturated heterocycles. The molecule has 0 spiro atoms. The van der Waals surface area contributed by atoms with E-state index in [0.29, 0.717) is 5.25 Å². The number of aliphatic hydroxyl groups excluding tert-OH is 1. The number of aliphatic hydroxyl groups is 1. The Labute approximate surface area is 82.6 Å². The molecule has 0 bridgehead atoms. The van der Waals surface area contributed by atoms with Gasteiger partial charge in [-0.2, -0.15) is 11.8 Å². The highest BCUT2D eigenvalue weighted by molar-refractivity contribution is 7.99. The third-order valence-corrected chi connectivity index (χ3v) is 2.58. The van der Waals surface area contributed by atoms with E-state index in [9.17, 15) is 0 Å². The Hall–Kier alpha value is -0.610. The lowest BCUT2D eigenvalue weighted by atomic mass is 10.4. The lowest BCUT2D eigenvalue weighted by molar-refractivity contribution is 0.281. The monoisotopic (exact) mass is 198 g/mol. The summed E-state index contributed by atoms with van der Waals surface area (Å²) in [6.45, 7) is 4.30. The summed E-state index contributed by atoms with van der Waals surface area (Å²) < 4.78 is 0. The van der Waals surface area contributed by atoms with Gasteiger partial charge in [0.1, 0.15) is 5.82 Å². The zero-order valence-electron chi connectivity index (χ0n) is 7.90. The van der Waals surface area contributed by atoms with E-state index in [-0.39, 0.29) is 6.61 Å². The molecule has 13 heavy (non-hydrogen) atoms. The molecule has 1 heterocycles. The van der Waals surface area contributed by atoms with Gasteiger partial charge in [0.25, 0.3) is 0 Å². The molecule has 72 valence electrons. The maximum Gasteiger partial charge on any atom is 0.138 e. The largest absolute Gasteiger partial charge is 0.392 e. The normalized spacial score (nSPS) is 10.8. The second kappa shape index (κ2) is 5.19. The number of rotatable bonds is 4.